The van der Waals surface area contributed by atoms with Crippen molar-refractivity contribution in [2.75, 3.05) is 5.75 Å². The van der Waals surface area contributed by atoms with Crippen molar-refractivity contribution >= 4 is 10.0 Å². The van der Waals surface area contributed by atoms with Crippen LogP contribution in [0.3, 0.4) is 0 Å². The third-order valence-corrected chi connectivity index (χ3v) is 3.96. The quantitative estimate of drug-likeness (QED) is 0.771. The van der Waals surface area contributed by atoms with Crippen LogP contribution in [0.15, 0.2) is 12.3 Å². The highest BCUT2D eigenvalue weighted by molar-refractivity contribution is 7.89. The molecular weight excluding hydrogens is 198 g/mol. The lowest BCUT2D eigenvalue weighted by molar-refractivity contribution is 0.583. The Morgan fingerprint density at radius 2 is 2.00 bits per heavy atom. The number of hydrogen-bond donors (Lipinski definition) is 0. The van der Waals surface area contributed by atoms with Crippen molar-refractivity contribution in [2.45, 2.75) is 33.6 Å². The molecule has 1 heterocycles. The zero-order valence-electron chi connectivity index (χ0n) is 8.95. The SMILES string of the molecule is CCCCS(=O)(=O)n1cc(C)cc1C. The summed E-state index contributed by atoms with van der Waals surface area (Å²) in [6, 6.07) is 1.88. The van der Waals surface area contributed by atoms with E-state index < -0.39 is 10.0 Å². The van der Waals surface area contributed by atoms with Crippen molar-refractivity contribution in [1.29, 1.82) is 0 Å². The van der Waals surface area contributed by atoms with Gasteiger partial charge in [0.25, 0.3) is 0 Å². The minimum absolute atomic E-state index is 0.235. The summed E-state index contributed by atoms with van der Waals surface area (Å²) in [5.41, 5.74) is 1.78. The molecule has 0 amide bonds. The molecule has 4 heteroatoms. The van der Waals surface area contributed by atoms with Crippen LogP contribution in [-0.4, -0.2) is 18.1 Å². The molecule has 0 N–H and O–H groups in total. The van der Waals surface area contributed by atoms with Gasteiger partial charge in [-0.05, 0) is 31.9 Å². The van der Waals surface area contributed by atoms with E-state index in [1.807, 2.05) is 26.8 Å². The van der Waals surface area contributed by atoms with Gasteiger partial charge in [-0.3, -0.25) is 0 Å². The Hall–Kier alpha value is -0.770. The molecular formula is C10H17NO2S. The number of rotatable bonds is 4. The van der Waals surface area contributed by atoms with E-state index in [0.29, 0.717) is 0 Å². The molecule has 1 aromatic rings. The average Bonchev–Trinajstić information content (AvgIpc) is 2.42. The highest BCUT2D eigenvalue weighted by Gasteiger charge is 2.14. The summed E-state index contributed by atoms with van der Waals surface area (Å²) >= 11 is 0. The van der Waals surface area contributed by atoms with Gasteiger partial charge in [-0.1, -0.05) is 13.3 Å². The smallest absolute Gasteiger partial charge is 0.238 e. The number of hydrogen-bond acceptors (Lipinski definition) is 2. The molecule has 0 aromatic carbocycles. The molecule has 14 heavy (non-hydrogen) atoms. The summed E-state index contributed by atoms with van der Waals surface area (Å²) in [7, 11) is -3.12. The van der Waals surface area contributed by atoms with Crippen LogP contribution in [0.25, 0.3) is 0 Å². The van der Waals surface area contributed by atoms with Gasteiger partial charge < -0.3 is 0 Å². The lowest BCUT2D eigenvalue weighted by Crippen LogP contribution is -2.16. The first-order valence-electron chi connectivity index (χ1n) is 4.86. The van der Waals surface area contributed by atoms with E-state index in [2.05, 4.69) is 0 Å². The molecule has 3 nitrogen and oxygen atoms in total. The predicted molar refractivity (Wildman–Crippen MR) is 58.0 cm³/mol. The van der Waals surface area contributed by atoms with E-state index in [9.17, 15) is 8.42 Å². The molecule has 0 fully saturated rings. The topological polar surface area (TPSA) is 39.1 Å². The maximum atomic E-state index is 11.8. The first-order chi connectivity index (χ1) is 6.47. The minimum Gasteiger partial charge on any atom is -0.250 e. The van der Waals surface area contributed by atoms with Gasteiger partial charge in [0.1, 0.15) is 0 Å². The fourth-order valence-corrected chi connectivity index (χ4v) is 3.11. The van der Waals surface area contributed by atoms with Crippen molar-refractivity contribution < 1.29 is 8.42 Å². The second-order valence-corrected chi connectivity index (χ2v) is 5.59. The van der Waals surface area contributed by atoms with Crippen LogP contribution >= 0.6 is 0 Å². The lowest BCUT2D eigenvalue weighted by Gasteiger charge is -2.06. The Balaban J connectivity index is 2.98. The van der Waals surface area contributed by atoms with Crippen LogP contribution in [0.4, 0.5) is 0 Å². The Labute approximate surface area is 85.8 Å². The fraction of sp³-hybridized carbons (Fsp3) is 0.600. The van der Waals surface area contributed by atoms with Crippen LogP contribution in [-0.2, 0) is 10.0 Å². The average molecular weight is 215 g/mol. The van der Waals surface area contributed by atoms with Crippen molar-refractivity contribution in [3.8, 4) is 0 Å². The van der Waals surface area contributed by atoms with Crippen LogP contribution in [0, 0.1) is 13.8 Å². The van der Waals surface area contributed by atoms with Crippen molar-refractivity contribution in [1.82, 2.24) is 3.97 Å². The Bertz CT molecular complexity index is 404. The van der Waals surface area contributed by atoms with Gasteiger partial charge >= 0.3 is 0 Å². The largest absolute Gasteiger partial charge is 0.250 e. The third-order valence-electron chi connectivity index (χ3n) is 2.16. The summed E-state index contributed by atoms with van der Waals surface area (Å²) in [6.45, 7) is 5.71. The molecule has 1 aromatic heterocycles. The Morgan fingerprint density at radius 1 is 1.36 bits per heavy atom. The number of unbranched alkanes of at least 4 members (excludes halogenated alkanes) is 1. The molecule has 0 spiro atoms. The molecule has 0 aliphatic carbocycles. The number of aryl methyl sites for hydroxylation is 2. The third kappa shape index (κ3) is 2.38. The zero-order chi connectivity index (χ0) is 10.8. The molecule has 0 radical (unpaired) electrons. The molecule has 0 unspecified atom stereocenters. The molecule has 80 valence electrons. The monoisotopic (exact) mass is 215 g/mol. The van der Waals surface area contributed by atoms with Gasteiger partial charge in [-0.2, -0.15) is 0 Å². The van der Waals surface area contributed by atoms with E-state index in [0.717, 1.165) is 24.1 Å². The van der Waals surface area contributed by atoms with E-state index in [1.165, 1.54) is 3.97 Å². The highest BCUT2D eigenvalue weighted by Crippen LogP contribution is 2.11. The van der Waals surface area contributed by atoms with E-state index in [4.69, 9.17) is 0 Å². The lowest BCUT2D eigenvalue weighted by atomic mass is 10.4. The van der Waals surface area contributed by atoms with Crippen LogP contribution < -0.4 is 0 Å². The molecule has 1 rings (SSSR count). The minimum atomic E-state index is -3.12. The summed E-state index contributed by atoms with van der Waals surface area (Å²) < 4.78 is 25.0. The molecule has 0 aliphatic heterocycles. The van der Waals surface area contributed by atoms with Crippen molar-refractivity contribution in [3.05, 3.63) is 23.5 Å². The van der Waals surface area contributed by atoms with Gasteiger partial charge in [0.05, 0.1) is 5.75 Å². The second-order valence-electron chi connectivity index (χ2n) is 3.62. The maximum Gasteiger partial charge on any atom is 0.238 e. The van der Waals surface area contributed by atoms with E-state index >= 15 is 0 Å². The molecule has 0 saturated heterocycles. The van der Waals surface area contributed by atoms with Crippen LogP contribution in [0.5, 0.6) is 0 Å². The first-order valence-corrected chi connectivity index (χ1v) is 6.47. The van der Waals surface area contributed by atoms with Gasteiger partial charge in [0, 0.05) is 11.9 Å². The summed E-state index contributed by atoms with van der Waals surface area (Å²) in [5.74, 6) is 0.235. The van der Waals surface area contributed by atoms with Crippen LogP contribution in [0.2, 0.25) is 0 Å². The van der Waals surface area contributed by atoms with Gasteiger partial charge in [-0.15, -0.1) is 0 Å². The number of nitrogens with zero attached hydrogens (tertiary/aromatic N) is 1. The summed E-state index contributed by atoms with van der Waals surface area (Å²) in [4.78, 5) is 0. The van der Waals surface area contributed by atoms with Gasteiger partial charge in [-0.25, -0.2) is 12.4 Å². The Morgan fingerprint density at radius 3 is 2.43 bits per heavy atom. The number of aromatic nitrogens is 1. The second kappa shape index (κ2) is 4.17. The van der Waals surface area contributed by atoms with Crippen LogP contribution in [0.1, 0.15) is 31.0 Å². The maximum absolute atomic E-state index is 11.8. The van der Waals surface area contributed by atoms with Crippen molar-refractivity contribution in [2.24, 2.45) is 0 Å². The van der Waals surface area contributed by atoms with Gasteiger partial charge in [0.15, 0.2) is 0 Å². The van der Waals surface area contributed by atoms with Gasteiger partial charge in [0.2, 0.25) is 10.0 Å². The predicted octanol–water partition coefficient (Wildman–Crippen LogP) is 2.08. The highest BCUT2D eigenvalue weighted by atomic mass is 32.2. The zero-order valence-corrected chi connectivity index (χ0v) is 9.76. The molecule has 0 saturated carbocycles. The van der Waals surface area contributed by atoms with E-state index in [1.54, 1.807) is 6.20 Å². The standard InChI is InChI=1S/C10H17NO2S/c1-4-5-6-14(12,13)11-8-9(2)7-10(11)3/h7-8H,4-6H2,1-3H3. The fourth-order valence-electron chi connectivity index (χ4n) is 1.44. The molecule has 0 atom stereocenters. The van der Waals surface area contributed by atoms with E-state index in [-0.39, 0.29) is 5.75 Å². The molecule has 0 aliphatic rings. The summed E-state index contributed by atoms with van der Waals surface area (Å²) in [5, 5.41) is 0. The first kappa shape index (κ1) is 11.3. The summed E-state index contributed by atoms with van der Waals surface area (Å²) in [6.07, 6.45) is 3.30. The molecule has 0 bridgehead atoms. The Kier molecular flexibility index (Phi) is 3.37. The van der Waals surface area contributed by atoms with Crippen molar-refractivity contribution in [3.63, 3.8) is 0 Å². The normalized spacial score (nSPS) is 11.9.